The summed E-state index contributed by atoms with van der Waals surface area (Å²) in [5, 5.41) is 3.02. The third-order valence-corrected chi connectivity index (χ3v) is 5.44. The van der Waals surface area contributed by atoms with Crippen molar-refractivity contribution in [1.29, 1.82) is 0 Å². The van der Waals surface area contributed by atoms with Gasteiger partial charge in [-0.25, -0.2) is 22.5 Å². The zero-order chi connectivity index (χ0) is 19.3. The molecule has 1 aliphatic rings. The number of aromatic nitrogens is 2. The smallest absolute Gasteiger partial charge is 0.240 e. The topological polar surface area (TPSA) is 96.5 Å². The minimum atomic E-state index is -3.76. The Kier molecular flexibility index (Phi) is 6.19. The summed E-state index contributed by atoms with van der Waals surface area (Å²) in [6.07, 6.45) is 0. The highest BCUT2D eigenvalue weighted by Crippen LogP contribution is 2.16. The number of morpholine rings is 1. The number of halogens is 1. The average molecular weight is 395 g/mol. The number of nitrogens with zero attached hydrogens (tertiary/aromatic N) is 3. The van der Waals surface area contributed by atoms with E-state index in [0.717, 1.165) is 30.7 Å². The van der Waals surface area contributed by atoms with Gasteiger partial charge in [-0.15, -0.1) is 0 Å². The van der Waals surface area contributed by atoms with E-state index in [4.69, 9.17) is 4.74 Å². The Morgan fingerprint density at radius 3 is 2.70 bits per heavy atom. The van der Waals surface area contributed by atoms with E-state index in [0.29, 0.717) is 25.7 Å². The molecule has 0 bridgehead atoms. The van der Waals surface area contributed by atoms with Crippen LogP contribution in [0.4, 0.5) is 16.2 Å². The molecule has 0 radical (unpaired) electrons. The second-order valence-electron chi connectivity index (χ2n) is 6.07. The molecular formula is C17H22FN5O3S. The summed E-state index contributed by atoms with van der Waals surface area (Å²) in [7, 11) is -3.76. The standard InChI is InChI=1S/C17H22FN5O3S/c1-13-11-16(23-7-9-26-10-8-23)22-17(21-13)19-5-6-20-27(24,25)15-4-2-3-14(18)12-15/h2-4,11-12,20H,5-10H2,1H3,(H,19,21,22). The van der Waals surface area contributed by atoms with Gasteiger partial charge in [0.05, 0.1) is 18.1 Å². The highest BCUT2D eigenvalue weighted by atomic mass is 32.2. The molecule has 0 spiro atoms. The molecule has 1 fully saturated rings. The van der Waals surface area contributed by atoms with Crippen LogP contribution in [0.25, 0.3) is 0 Å². The van der Waals surface area contributed by atoms with Crippen LogP contribution in [-0.2, 0) is 14.8 Å². The summed E-state index contributed by atoms with van der Waals surface area (Å²) >= 11 is 0. The number of benzene rings is 1. The Morgan fingerprint density at radius 2 is 1.96 bits per heavy atom. The lowest BCUT2D eigenvalue weighted by molar-refractivity contribution is 0.122. The van der Waals surface area contributed by atoms with Gasteiger partial charge in [-0.1, -0.05) is 6.07 Å². The van der Waals surface area contributed by atoms with Crippen LogP contribution in [0.15, 0.2) is 35.2 Å². The van der Waals surface area contributed by atoms with Crippen LogP contribution in [0.5, 0.6) is 0 Å². The van der Waals surface area contributed by atoms with E-state index in [1.165, 1.54) is 18.2 Å². The molecule has 3 rings (SSSR count). The maximum atomic E-state index is 13.2. The first-order valence-corrected chi connectivity index (χ1v) is 10.1. The molecule has 2 aromatic rings. The third-order valence-electron chi connectivity index (χ3n) is 3.98. The SMILES string of the molecule is Cc1cc(N2CCOCC2)nc(NCCNS(=O)(=O)c2cccc(F)c2)n1. The largest absolute Gasteiger partial charge is 0.378 e. The van der Waals surface area contributed by atoms with Crippen LogP contribution in [0.1, 0.15) is 5.69 Å². The van der Waals surface area contributed by atoms with Crippen LogP contribution >= 0.6 is 0 Å². The Morgan fingerprint density at radius 1 is 1.19 bits per heavy atom. The monoisotopic (exact) mass is 395 g/mol. The van der Waals surface area contributed by atoms with E-state index in [-0.39, 0.29) is 11.4 Å². The number of ether oxygens (including phenoxy) is 1. The van der Waals surface area contributed by atoms with Crippen molar-refractivity contribution in [1.82, 2.24) is 14.7 Å². The van der Waals surface area contributed by atoms with Gasteiger partial charge in [-0.2, -0.15) is 4.98 Å². The molecule has 2 heterocycles. The zero-order valence-corrected chi connectivity index (χ0v) is 15.8. The quantitative estimate of drug-likeness (QED) is 0.679. The maximum absolute atomic E-state index is 13.2. The van der Waals surface area contributed by atoms with Crippen molar-refractivity contribution in [3.05, 3.63) is 41.8 Å². The Bertz CT molecular complexity index is 888. The lowest BCUT2D eigenvalue weighted by atomic mass is 10.3. The number of hydrogen-bond acceptors (Lipinski definition) is 7. The summed E-state index contributed by atoms with van der Waals surface area (Å²) in [6, 6.07) is 6.78. The van der Waals surface area contributed by atoms with Crippen molar-refractivity contribution in [2.75, 3.05) is 49.6 Å². The molecule has 0 aliphatic carbocycles. The molecule has 1 aromatic carbocycles. The summed E-state index contributed by atoms with van der Waals surface area (Å²) in [5.74, 6) is 0.648. The summed E-state index contributed by atoms with van der Waals surface area (Å²) in [6.45, 7) is 5.14. The van der Waals surface area contributed by atoms with Crippen molar-refractivity contribution in [2.45, 2.75) is 11.8 Å². The molecule has 8 nitrogen and oxygen atoms in total. The molecule has 146 valence electrons. The Hall–Kier alpha value is -2.30. The summed E-state index contributed by atoms with van der Waals surface area (Å²) in [4.78, 5) is 10.8. The van der Waals surface area contributed by atoms with E-state index >= 15 is 0 Å². The lowest BCUT2D eigenvalue weighted by Crippen LogP contribution is -2.37. The van der Waals surface area contributed by atoms with E-state index in [9.17, 15) is 12.8 Å². The first-order valence-electron chi connectivity index (χ1n) is 8.61. The van der Waals surface area contributed by atoms with Gasteiger partial charge >= 0.3 is 0 Å². The van der Waals surface area contributed by atoms with Crippen LogP contribution in [0, 0.1) is 12.7 Å². The third kappa shape index (κ3) is 5.34. The number of nitrogens with one attached hydrogen (secondary N) is 2. The number of sulfonamides is 1. The van der Waals surface area contributed by atoms with Crippen LogP contribution in [0.2, 0.25) is 0 Å². The highest BCUT2D eigenvalue weighted by molar-refractivity contribution is 7.89. The fourth-order valence-electron chi connectivity index (χ4n) is 2.66. The van der Waals surface area contributed by atoms with E-state index in [1.807, 2.05) is 13.0 Å². The first-order chi connectivity index (χ1) is 12.9. The van der Waals surface area contributed by atoms with Gasteiger partial charge < -0.3 is 15.0 Å². The van der Waals surface area contributed by atoms with Crippen molar-refractivity contribution in [2.24, 2.45) is 0 Å². The van der Waals surface area contributed by atoms with Gasteiger partial charge in [-0.05, 0) is 25.1 Å². The van der Waals surface area contributed by atoms with E-state index in [2.05, 4.69) is 24.9 Å². The summed E-state index contributed by atoms with van der Waals surface area (Å²) < 4.78 is 45.3. The molecule has 2 N–H and O–H groups in total. The van der Waals surface area contributed by atoms with Crippen LogP contribution in [-0.4, -0.2) is 57.8 Å². The molecular weight excluding hydrogens is 373 g/mol. The zero-order valence-electron chi connectivity index (χ0n) is 15.0. The molecule has 0 unspecified atom stereocenters. The second kappa shape index (κ2) is 8.59. The molecule has 0 saturated carbocycles. The predicted octanol–water partition coefficient (Wildman–Crippen LogP) is 1.15. The Labute approximate surface area is 157 Å². The maximum Gasteiger partial charge on any atom is 0.240 e. The van der Waals surface area contributed by atoms with Crippen LogP contribution in [0.3, 0.4) is 0 Å². The van der Waals surface area contributed by atoms with Gasteiger partial charge in [0.2, 0.25) is 16.0 Å². The average Bonchev–Trinajstić information content (AvgIpc) is 2.66. The van der Waals surface area contributed by atoms with E-state index in [1.54, 1.807) is 0 Å². The molecule has 0 atom stereocenters. The lowest BCUT2D eigenvalue weighted by Gasteiger charge is -2.28. The molecule has 1 saturated heterocycles. The first kappa shape index (κ1) is 19.5. The molecule has 1 aliphatic heterocycles. The van der Waals surface area contributed by atoms with Crippen molar-refractivity contribution >= 4 is 21.8 Å². The number of aryl methyl sites for hydroxylation is 1. The summed E-state index contributed by atoms with van der Waals surface area (Å²) in [5.41, 5.74) is 0.814. The minimum absolute atomic E-state index is 0.107. The number of hydrogen-bond donors (Lipinski definition) is 2. The highest BCUT2D eigenvalue weighted by Gasteiger charge is 2.15. The number of anilines is 2. The van der Waals surface area contributed by atoms with E-state index < -0.39 is 15.8 Å². The van der Waals surface area contributed by atoms with Crippen molar-refractivity contribution in [3.63, 3.8) is 0 Å². The normalized spacial score (nSPS) is 15.0. The molecule has 27 heavy (non-hydrogen) atoms. The van der Waals surface area contributed by atoms with Gasteiger partial charge in [0.15, 0.2) is 0 Å². The van der Waals surface area contributed by atoms with Gasteiger partial charge in [0, 0.05) is 37.9 Å². The molecule has 0 amide bonds. The van der Waals surface area contributed by atoms with Crippen molar-refractivity contribution in [3.8, 4) is 0 Å². The van der Waals surface area contributed by atoms with Gasteiger partial charge in [0.1, 0.15) is 11.6 Å². The van der Waals surface area contributed by atoms with Gasteiger partial charge in [-0.3, -0.25) is 0 Å². The molecule has 1 aromatic heterocycles. The molecule has 10 heteroatoms. The second-order valence-corrected chi connectivity index (χ2v) is 7.84. The minimum Gasteiger partial charge on any atom is -0.378 e. The number of rotatable bonds is 7. The van der Waals surface area contributed by atoms with Gasteiger partial charge in [0.25, 0.3) is 0 Å². The predicted molar refractivity (Wildman–Crippen MR) is 99.9 cm³/mol. The fourth-order valence-corrected chi connectivity index (χ4v) is 3.73. The fraction of sp³-hybridized carbons (Fsp3) is 0.412. The van der Waals surface area contributed by atoms with Crippen molar-refractivity contribution < 1.29 is 17.5 Å². The Balaban J connectivity index is 1.56. The van der Waals surface area contributed by atoms with Crippen LogP contribution < -0.4 is 14.9 Å².